The highest BCUT2D eigenvalue weighted by molar-refractivity contribution is 7.14. The fraction of sp³-hybridized carbons (Fsp3) is 0.143. The van der Waals surface area contributed by atoms with Gasteiger partial charge in [0.2, 0.25) is 0 Å². The number of nitro groups is 1. The normalized spacial score (nSPS) is 10.2. The molecular weight excluding hydrogens is 342 g/mol. The maximum absolute atomic E-state index is 12.3. The zero-order valence-electron chi connectivity index (χ0n) is 12.2. The molecule has 2 amide bonds. The lowest BCUT2D eigenvalue weighted by Gasteiger charge is -2.10. The molecule has 2 rings (SSSR count). The summed E-state index contributed by atoms with van der Waals surface area (Å²) in [6, 6.07) is 5.67. The van der Waals surface area contributed by atoms with Crippen molar-refractivity contribution < 1.29 is 14.5 Å². The standard InChI is InChI=1S/C14H12ClN3O4S/c1-7-11(18(21)22)6-12(23-7)14(20)17-10-5-8(15)3-4-9(10)13(19)16-2/h3-6H,1-2H3,(H,16,19)(H,17,20). The summed E-state index contributed by atoms with van der Waals surface area (Å²) in [5.41, 5.74) is 0.362. The lowest BCUT2D eigenvalue weighted by Crippen LogP contribution is -2.21. The molecule has 0 spiro atoms. The first-order valence-electron chi connectivity index (χ1n) is 6.41. The lowest BCUT2D eigenvalue weighted by molar-refractivity contribution is -0.385. The number of thiophene rings is 1. The van der Waals surface area contributed by atoms with Crippen molar-refractivity contribution in [1.82, 2.24) is 5.32 Å². The number of carbonyl (C=O) groups is 2. The molecule has 0 atom stereocenters. The van der Waals surface area contributed by atoms with Crippen molar-refractivity contribution in [3.05, 3.63) is 54.7 Å². The van der Waals surface area contributed by atoms with E-state index in [1.807, 2.05) is 0 Å². The van der Waals surface area contributed by atoms with Crippen LogP contribution in [0.1, 0.15) is 24.9 Å². The van der Waals surface area contributed by atoms with E-state index in [1.54, 1.807) is 6.92 Å². The van der Waals surface area contributed by atoms with Crippen LogP contribution in [0, 0.1) is 17.0 Å². The first-order valence-corrected chi connectivity index (χ1v) is 7.60. The van der Waals surface area contributed by atoms with Crippen LogP contribution in [0.5, 0.6) is 0 Å². The van der Waals surface area contributed by atoms with Crippen LogP contribution < -0.4 is 10.6 Å². The number of halogens is 1. The van der Waals surface area contributed by atoms with Crippen molar-refractivity contribution >= 4 is 46.1 Å². The molecule has 0 bridgehead atoms. The molecule has 0 aliphatic carbocycles. The quantitative estimate of drug-likeness (QED) is 0.650. The van der Waals surface area contributed by atoms with Crippen LogP contribution in [-0.2, 0) is 0 Å². The van der Waals surface area contributed by atoms with Crippen LogP contribution in [0.2, 0.25) is 5.02 Å². The topological polar surface area (TPSA) is 101 Å². The summed E-state index contributed by atoms with van der Waals surface area (Å²) in [7, 11) is 1.47. The number of hydrogen-bond acceptors (Lipinski definition) is 5. The van der Waals surface area contributed by atoms with Crippen LogP contribution in [0.4, 0.5) is 11.4 Å². The number of nitrogens with one attached hydrogen (secondary N) is 2. The highest BCUT2D eigenvalue weighted by Gasteiger charge is 2.21. The fourth-order valence-corrected chi connectivity index (χ4v) is 2.96. The maximum Gasteiger partial charge on any atom is 0.283 e. The molecule has 0 saturated heterocycles. The summed E-state index contributed by atoms with van der Waals surface area (Å²) < 4.78 is 0. The second-order valence-electron chi connectivity index (χ2n) is 4.53. The second kappa shape index (κ2) is 6.76. The summed E-state index contributed by atoms with van der Waals surface area (Å²) in [6.07, 6.45) is 0. The summed E-state index contributed by atoms with van der Waals surface area (Å²) >= 11 is 6.90. The zero-order chi connectivity index (χ0) is 17.1. The number of aryl methyl sites for hydroxylation is 1. The summed E-state index contributed by atoms with van der Waals surface area (Å²) in [6.45, 7) is 1.56. The van der Waals surface area contributed by atoms with Gasteiger partial charge >= 0.3 is 0 Å². The van der Waals surface area contributed by atoms with E-state index in [9.17, 15) is 19.7 Å². The number of benzene rings is 1. The zero-order valence-corrected chi connectivity index (χ0v) is 13.7. The summed E-state index contributed by atoms with van der Waals surface area (Å²) in [5.74, 6) is -0.927. The predicted molar refractivity (Wildman–Crippen MR) is 88.5 cm³/mol. The molecule has 2 aromatic rings. The monoisotopic (exact) mass is 353 g/mol. The van der Waals surface area contributed by atoms with Gasteiger partial charge in [-0.25, -0.2) is 0 Å². The Labute approximate surface area is 140 Å². The minimum Gasteiger partial charge on any atom is -0.355 e. The SMILES string of the molecule is CNC(=O)c1ccc(Cl)cc1NC(=O)c1cc([N+](=O)[O-])c(C)s1. The van der Waals surface area contributed by atoms with E-state index in [2.05, 4.69) is 10.6 Å². The molecule has 9 heteroatoms. The van der Waals surface area contributed by atoms with Crippen molar-refractivity contribution in [2.75, 3.05) is 12.4 Å². The summed E-state index contributed by atoms with van der Waals surface area (Å²) in [4.78, 5) is 35.0. The molecule has 0 fully saturated rings. The Bertz CT molecular complexity index is 803. The maximum atomic E-state index is 12.3. The molecular formula is C14H12ClN3O4S. The van der Waals surface area contributed by atoms with Crippen LogP contribution >= 0.6 is 22.9 Å². The molecule has 0 unspecified atom stereocenters. The van der Waals surface area contributed by atoms with Crippen molar-refractivity contribution in [3.63, 3.8) is 0 Å². The molecule has 1 aromatic carbocycles. The average Bonchev–Trinajstić information content (AvgIpc) is 2.89. The number of anilines is 1. The number of nitrogens with zero attached hydrogens (tertiary/aromatic N) is 1. The Morgan fingerprint density at radius 3 is 2.52 bits per heavy atom. The summed E-state index contributed by atoms with van der Waals surface area (Å²) in [5, 5.41) is 16.2. The second-order valence-corrected chi connectivity index (χ2v) is 6.23. The molecule has 0 aliphatic rings. The molecule has 2 N–H and O–H groups in total. The fourth-order valence-electron chi connectivity index (χ4n) is 1.90. The van der Waals surface area contributed by atoms with E-state index < -0.39 is 10.8 Å². The van der Waals surface area contributed by atoms with Gasteiger partial charge in [0.05, 0.1) is 25.9 Å². The van der Waals surface area contributed by atoms with Crippen molar-refractivity contribution in [3.8, 4) is 0 Å². The van der Waals surface area contributed by atoms with Gasteiger partial charge in [-0.15, -0.1) is 11.3 Å². The van der Waals surface area contributed by atoms with Gasteiger partial charge in [0.1, 0.15) is 0 Å². The van der Waals surface area contributed by atoms with Crippen molar-refractivity contribution in [1.29, 1.82) is 0 Å². The molecule has 0 radical (unpaired) electrons. The third-order valence-electron chi connectivity index (χ3n) is 3.01. The van der Waals surface area contributed by atoms with Gasteiger partial charge in [-0.1, -0.05) is 11.6 Å². The van der Waals surface area contributed by atoms with Crippen LogP contribution in [0.25, 0.3) is 0 Å². The van der Waals surface area contributed by atoms with E-state index in [0.717, 1.165) is 11.3 Å². The van der Waals surface area contributed by atoms with Gasteiger partial charge in [-0.05, 0) is 25.1 Å². The Morgan fingerprint density at radius 1 is 1.26 bits per heavy atom. The Hall–Kier alpha value is -2.45. The van der Waals surface area contributed by atoms with Gasteiger partial charge < -0.3 is 10.6 Å². The Kier molecular flexibility index (Phi) is 4.97. The first-order chi connectivity index (χ1) is 10.8. The van der Waals surface area contributed by atoms with Gasteiger partial charge in [0.25, 0.3) is 17.5 Å². The third kappa shape index (κ3) is 3.66. The number of carbonyl (C=O) groups excluding carboxylic acids is 2. The third-order valence-corrected chi connectivity index (χ3v) is 4.29. The molecule has 1 aromatic heterocycles. The van der Waals surface area contributed by atoms with Gasteiger partial charge in [-0.2, -0.15) is 0 Å². The first kappa shape index (κ1) is 16.9. The average molecular weight is 354 g/mol. The van der Waals surface area contributed by atoms with Crippen molar-refractivity contribution in [2.45, 2.75) is 6.92 Å². The minimum absolute atomic E-state index is 0.113. The number of rotatable bonds is 4. The minimum atomic E-state index is -0.544. The number of amides is 2. The molecule has 23 heavy (non-hydrogen) atoms. The van der Waals surface area contributed by atoms with Crippen LogP contribution in [0.3, 0.4) is 0 Å². The molecule has 120 valence electrons. The molecule has 0 aliphatic heterocycles. The lowest BCUT2D eigenvalue weighted by atomic mass is 10.1. The highest BCUT2D eigenvalue weighted by Crippen LogP contribution is 2.29. The van der Waals surface area contributed by atoms with Gasteiger partial charge in [0.15, 0.2) is 0 Å². The molecule has 7 nitrogen and oxygen atoms in total. The van der Waals surface area contributed by atoms with E-state index in [4.69, 9.17) is 11.6 Å². The number of hydrogen-bond donors (Lipinski definition) is 2. The Balaban J connectivity index is 2.33. The Morgan fingerprint density at radius 2 is 1.96 bits per heavy atom. The predicted octanol–water partition coefficient (Wildman–Crippen LogP) is 3.23. The van der Waals surface area contributed by atoms with E-state index in [-0.39, 0.29) is 27.7 Å². The highest BCUT2D eigenvalue weighted by atomic mass is 35.5. The van der Waals surface area contributed by atoms with E-state index >= 15 is 0 Å². The van der Waals surface area contributed by atoms with Crippen LogP contribution in [-0.4, -0.2) is 23.8 Å². The van der Waals surface area contributed by atoms with Gasteiger partial charge in [-0.3, -0.25) is 19.7 Å². The van der Waals surface area contributed by atoms with Crippen LogP contribution in [0.15, 0.2) is 24.3 Å². The smallest absolute Gasteiger partial charge is 0.283 e. The largest absolute Gasteiger partial charge is 0.355 e. The van der Waals surface area contributed by atoms with E-state index in [0.29, 0.717) is 9.90 Å². The van der Waals surface area contributed by atoms with Crippen molar-refractivity contribution in [2.24, 2.45) is 0 Å². The molecule has 1 heterocycles. The van der Waals surface area contributed by atoms with E-state index in [1.165, 1.54) is 31.3 Å². The van der Waals surface area contributed by atoms with Gasteiger partial charge in [0, 0.05) is 18.1 Å². The molecule has 0 saturated carbocycles.